The van der Waals surface area contributed by atoms with Gasteiger partial charge >= 0.3 is 0 Å². The molecule has 2 amide bonds. The van der Waals surface area contributed by atoms with E-state index in [2.05, 4.69) is 10.6 Å². The van der Waals surface area contributed by atoms with E-state index in [9.17, 15) is 163 Å². The maximum atomic E-state index is 12.9. The van der Waals surface area contributed by atoms with Crippen molar-refractivity contribution in [3.8, 4) is 0 Å². The summed E-state index contributed by atoms with van der Waals surface area (Å²) in [5.74, 6) is -1.71. The largest absolute Gasteiger partial charge is 0.394 e. The van der Waals surface area contributed by atoms with Crippen molar-refractivity contribution in [1.29, 1.82) is 0 Å². The van der Waals surface area contributed by atoms with Gasteiger partial charge in [0.2, 0.25) is 11.8 Å². The van der Waals surface area contributed by atoms with Gasteiger partial charge in [-0.2, -0.15) is 0 Å². The average Bonchev–Trinajstić information content (AvgIpc) is 0.769. The summed E-state index contributed by atoms with van der Waals surface area (Å²) in [7, 11) is 0. The van der Waals surface area contributed by atoms with Gasteiger partial charge in [0.25, 0.3) is 0 Å². The van der Waals surface area contributed by atoms with Gasteiger partial charge in [-0.25, -0.2) is 0 Å². The maximum absolute atomic E-state index is 12.9. The van der Waals surface area contributed by atoms with Crippen molar-refractivity contribution in [2.45, 2.75) is 321 Å². The smallest absolute Gasteiger partial charge is 0.217 e. The highest BCUT2D eigenvalue weighted by Gasteiger charge is 2.62. The highest BCUT2D eigenvalue weighted by Crippen LogP contribution is 2.41. The van der Waals surface area contributed by atoms with Crippen molar-refractivity contribution in [3.05, 3.63) is 0 Å². The molecule has 0 unspecified atom stereocenters. The first-order valence-corrected chi connectivity index (χ1v) is 37.2. The third-order valence-corrected chi connectivity index (χ3v) is 21.7. The molecule has 10 fully saturated rings. The normalized spacial score (nSPS) is 51.5. The summed E-state index contributed by atoms with van der Waals surface area (Å²) in [5.41, 5.74) is 0. The molecule has 32 N–H and O–H groups in total. The van der Waals surface area contributed by atoms with Crippen LogP contribution in [0.3, 0.4) is 0 Å². The minimum atomic E-state index is -2.55. The molecule has 0 aliphatic carbocycles. The molecule has 10 aliphatic rings. The molecule has 0 saturated carbocycles. The van der Waals surface area contributed by atoms with Crippen LogP contribution in [0.4, 0.5) is 0 Å². The number of aliphatic hydroxyl groups excluding tert-OH is 30. The van der Waals surface area contributed by atoms with Gasteiger partial charge in [-0.1, -0.05) is 0 Å². The number of nitrogens with one attached hydrogen (secondary N) is 2. The first-order valence-electron chi connectivity index (χ1n) is 37.2. The minimum Gasteiger partial charge on any atom is -0.394 e. The molecule has 0 radical (unpaired) electrons. The Labute approximate surface area is 660 Å². The highest BCUT2D eigenvalue weighted by molar-refractivity contribution is 5.73. The number of carbonyl (C=O) groups is 2. The van der Waals surface area contributed by atoms with Crippen LogP contribution in [0, 0.1) is 0 Å². The van der Waals surface area contributed by atoms with Gasteiger partial charge in [0.1, 0.15) is 244 Å². The van der Waals surface area contributed by atoms with E-state index in [0.717, 1.165) is 13.8 Å². The Balaban J connectivity index is 0.921. The zero-order valence-electron chi connectivity index (χ0n) is 61.9. The fourth-order valence-electron chi connectivity index (χ4n) is 15.1. The zero-order valence-corrected chi connectivity index (χ0v) is 61.9. The van der Waals surface area contributed by atoms with Crippen LogP contribution < -0.4 is 10.6 Å². The molecule has 10 aliphatic heterocycles. The Kier molecular flexibility index (Phi) is 34.4. The summed E-state index contributed by atoms with van der Waals surface area (Å²) < 4.78 is 111. The lowest BCUT2D eigenvalue weighted by atomic mass is 9.94. The van der Waals surface area contributed by atoms with E-state index >= 15 is 0 Å². The Hall–Kier alpha value is -3.02. The van der Waals surface area contributed by atoms with E-state index < -0.39 is 385 Å². The molecule has 0 bridgehead atoms. The number of amides is 2. The van der Waals surface area contributed by atoms with Crippen molar-refractivity contribution < 1.29 is 253 Å². The summed E-state index contributed by atoms with van der Waals surface area (Å²) in [4.78, 5) is 25.0. The Morgan fingerprint density at radius 2 is 0.462 bits per heavy atom. The van der Waals surface area contributed by atoms with Gasteiger partial charge in [0, 0.05) is 13.8 Å². The summed E-state index contributed by atoms with van der Waals surface area (Å²) in [6.07, 6.45) is -103. The quantitative estimate of drug-likeness (QED) is 0.0318. The van der Waals surface area contributed by atoms with Crippen LogP contribution >= 0.6 is 0 Å². The zero-order chi connectivity index (χ0) is 85.9. The Morgan fingerprint density at radius 3 is 0.829 bits per heavy atom. The lowest BCUT2D eigenvalue weighted by Crippen LogP contribution is -2.70. The standard InChI is InChI=1S/C64H108N2O51/c1-13(76)65-25-35(86)47(22(10-74)100-55(25)98)110-56-26(66-14(2)77)36(87)48(23(11-75)108-56)111-61-46(97)51(34(85)24(109-61)12-99-57-42(93)37(88)27(78)15(3-67)101-57)114-63-54(41(92)31(82)18(6-70)106-63)117-64-53(40(91)30(81)19(7-71)107-64)116-60-44(95)49(32(83)20(8-72)104-60)112-59-45(96)50(33(84)21(9-73)103-59)113-62-52(39(90)29(80)17(5-69)105-62)115-58-43(94)38(89)28(79)16(4-68)102-58/h15-64,67-75,78-98H,3-12H2,1-2H3,(H,65,76)(H,66,77)/t15-,16-,17-,18-,19-,20-,21-,22-,23-,24-,25-,26-,27-,28-,29-,30-,31-,32-,33-,34-,35-,36-,37+,38+,39+,40+,41+,42+,43-,44+,45-,46+,47-,48-,49+,50+,51+,52-,53+,54+,55-,56+,57+,58-,59-,60-,61+,62-,63-,64-/m1/s1. The van der Waals surface area contributed by atoms with E-state index in [1.54, 1.807) is 0 Å². The predicted molar refractivity (Wildman–Crippen MR) is 353 cm³/mol. The lowest BCUT2D eigenvalue weighted by molar-refractivity contribution is -0.413. The molecule has 117 heavy (non-hydrogen) atoms. The number of carbonyl (C=O) groups excluding carboxylic acids is 2. The van der Waals surface area contributed by atoms with Gasteiger partial charge in [-0.15, -0.1) is 0 Å². The number of hydrogen-bond donors (Lipinski definition) is 32. The van der Waals surface area contributed by atoms with Crippen LogP contribution in [0.5, 0.6) is 0 Å². The molecule has 10 rings (SSSR count). The molecule has 0 aromatic heterocycles. The molecule has 53 nitrogen and oxygen atoms in total. The number of aliphatic hydroxyl groups is 30. The van der Waals surface area contributed by atoms with Crippen molar-refractivity contribution >= 4 is 11.8 Å². The Bertz CT molecular complexity index is 3050. The van der Waals surface area contributed by atoms with Crippen molar-refractivity contribution in [2.24, 2.45) is 0 Å². The average molecular weight is 1720 g/mol. The topological polar surface area (TPSA) is 840 Å². The van der Waals surface area contributed by atoms with Gasteiger partial charge in [0.15, 0.2) is 62.9 Å². The second kappa shape index (κ2) is 41.9. The number of hydrogen-bond acceptors (Lipinski definition) is 51. The number of rotatable bonds is 30. The van der Waals surface area contributed by atoms with E-state index in [0.29, 0.717) is 0 Å². The van der Waals surface area contributed by atoms with Crippen LogP contribution in [0.15, 0.2) is 0 Å². The molecule has 680 valence electrons. The minimum absolute atomic E-state index is 0.782. The van der Waals surface area contributed by atoms with Crippen LogP contribution in [0.2, 0.25) is 0 Å². The fraction of sp³-hybridized carbons (Fsp3) is 0.969. The van der Waals surface area contributed by atoms with Crippen molar-refractivity contribution in [2.75, 3.05) is 66.1 Å². The molecule has 53 heteroatoms. The molecule has 0 aromatic rings. The predicted octanol–water partition coefficient (Wildman–Crippen LogP) is -22.5. The molecule has 0 spiro atoms. The molecule has 10 heterocycles. The van der Waals surface area contributed by atoms with E-state index in [-0.39, 0.29) is 0 Å². The van der Waals surface area contributed by atoms with Crippen LogP contribution in [0.1, 0.15) is 13.8 Å². The van der Waals surface area contributed by atoms with Crippen LogP contribution in [0.25, 0.3) is 0 Å². The molecule has 0 aromatic carbocycles. The third kappa shape index (κ3) is 20.6. The van der Waals surface area contributed by atoms with Crippen LogP contribution in [-0.2, 0) is 99.6 Å². The van der Waals surface area contributed by atoms with Gasteiger partial charge < -0.3 is 254 Å². The third-order valence-electron chi connectivity index (χ3n) is 21.7. The van der Waals surface area contributed by atoms with E-state index in [1.165, 1.54) is 0 Å². The highest BCUT2D eigenvalue weighted by atomic mass is 16.8. The summed E-state index contributed by atoms with van der Waals surface area (Å²) in [6, 6.07) is -3.53. The summed E-state index contributed by atoms with van der Waals surface area (Å²) >= 11 is 0. The second-order valence-corrected chi connectivity index (χ2v) is 29.5. The van der Waals surface area contributed by atoms with Gasteiger partial charge in [-0.05, 0) is 0 Å². The second-order valence-electron chi connectivity index (χ2n) is 29.5. The molecule has 50 atom stereocenters. The summed E-state index contributed by atoms with van der Waals surface area (Å²) in [5, 5.41) is 337. The molecular formula is C64H108N2O51. The van der Waals surface area contributed by atoms with Gasteiger partial charge in [0.05, 0.1) is 66.1 Å². The van der Waals surface area contributed by atoms with Crippen molar-refractivity contribution in [3.63, 3.8) is 0 Å². The van der Waals surface area contributed by atoms with Crippen LogP contribution in [-0.4, -0.2) is 538 Å². The summed E-state index contributed by atoms with van der Waals surface area (Å²) in [6.45, 7) is -9.16. The molecular weight excluding hydrogens is 1610 g/mol. The maximum Gasteiger partial charge on any atom is 0.217 e. The van der Waals surface area contributed by atoms with E-state index in [1.807, 2.05) is 0 Å². The van der Waals surface area contributed by atoms with Crippen molar-refractivity contribution in [1.82, 2.24) is 10.6 Å². The van der Waals surface area contributed by atoms with E-state index in [4.69, 9.17) is 90.0 Å². The van der Waals surface area contributed by atoms with Gasteiger partial charge in [-0.3, -0.25) is 9.59 Å². The lowest BCUT2D eigenvalue weighted by Gasteiger charge is -2.51. The number of ether oxygens (including phenoxy) is 19. The Morgan fingerprint density at radius 1 is 0.222 bits per heavy atom. The first kappa shape index (κ1) is 96.2. The monoisotopic (exact) mass is 1720 g/mol. The molecule has 10 saturated heterocycles. The fourth-order valence-corrected chi connectivity index (χ4v) is 15.1. The SMILES string of the molecule is CC(=O)N[C@@H]1[C@@H](O)[C@H](O[C@@H]2O[C@H](CO)[C@@H](O[C@@H]3O[C@H](CO[C@H]4O[C@H](CO)[C@@H](O)[C@H](O)[C@@H]4O)[C@@H](O)[C@H](O[C@H]4O[C@H](CO)[C@@H](O)[C@H](O)[C@@H]4O[C@H]4O[C@H](CO)[C@@H](O)[C@H](O)[C@@H]4O[C@H]4O[C@H](CO)[C@@H](O)[C@H](O[C@H]5O[C@H](CO)[C@@H](O)[C@H](O[C@H]6O[C@H](CO)[C@@H](O)[C@H](O)[C@H]6O[C@H]6O[C@H](CO)[C@@H](O)[C@H](O)[C@H]6O)[C@H]5O)[C@@H]4O)[C@@H]3O)[C@H](O)[C@H]2NC(C)=O)[C@@H](CO)O[C@H]1O. The first-order chi connectivity index (χ1) is 55.5.